The predicted molar refractivity (Wildman–Crippen MR) is 55.0 cm³/mol. The van der Waals surface area contributed by atoms with Crippen LogP contribution in [0.5, 0.6) is 5.75 Å². The second-order valence-electron chi connectivity index (χ2n) is 1.97. The first-order chi connectivity index (χ1) is 8.25. The average Bonchev–Trinajstić information content (AvgIpc) is 2.45. The fourth-order valence-corrected chi connectivity index (χ4v) is 0.963. The van der Waals surface area contributed by atoms with Crippen LogP contribution in [0.15, 0.2) is 24.3 Å². The maximum Gasteiger partial charge on any atom is 0 e. The molecule has 0 aliphatic heterocycles. The molecule has 7 heteroatoms. The second-order valence-corrected chi connectivity index (χ2v) is 2.32. The minimum absolute atomic E-state index is 0. The van der Waals surface area contributed by atoms with E-state index in [0.29, 0.717) is 11.3 Å². The van der Waals surface area contributed by atoms with Gasteiger partial charge in [0.1, 0.15) is 5.75 Å². The zero-order valence-corrected chi connectivity index (χ0v) is 11.2. The summed E-state index contributed by atoms with van der Waals surface area (Å²) in [5.74, 6) is 0.507. The summed E-state index contributed by atoms with van der Waals surface area (Å²) in [4.78, 5) is 10.7. The van der Waals surface area contributed by atoms with Gasteiger partial charge in [0.15, 0.2) is 0 Å². The van der Waals surface area contributed by atoms with Crippen molar-refractivity contribution in [2.24, 2.45) is 0 Å². The molecule has 0 aliphatic rings. The molecule has 0 saturated carbocycles. The monoisotopic (exact) mass is 306 g/mol. The van der Waals surface area contributed by atoms with E-state index < -0.39 is 5.24 Å². The Bertz CT molecular complexity index is 372. The van der Waals surface area contributed by atoms with Gasteiger partial charge in [-0.1, -0.05) is 12.1 Å². The van der Waals surface area contributed by atoms with Crippen LogP contribution in [0, 0.1) is 20.0 Å². The maximum atomic E-state index is 10.7. The molecular weight excluding hydrogens is 300 g/mol. The molecule has 0 bridgehead atoms. The molecule has 1 rings (SSSR count). The number of methoxy groups -OCH3 is 1. The van der Waals surface area contributed by atoms with Crippen LogP contribution in [-0.2, 0) is 31.3 Å². The van der Waals surface area contributed by atoms with E-state index >= 15 is 0 Å². The molecule has 94 valence electrons. The summed E-state index contributed by atoms with van der Waals surface area (Å²) in [7, 11) is 1.50. The summed E-state index contributed by atoms with van der Waals surface area (Å²) >= 11 is 5.27. The van der Waals surface area contributed by atoms with E-state index in [1.165, 1.54) is 7.11 Å². The number of carbonyl (C=O) groups excluding carboxylic acids is 1. The SMILES string of the molecule is COc1ccccc1C(=O)Cl.[C-]#[O+].[C-]#[O+].[C-]#[O+].[Cr]. The Balaban J connectivity index is -0.000000123. The topological polar surface area (TPSA) is 86.0 Å². The maximum absolute atomic E-state index is 10.7. The van der Waals surface area contributed by atoms with Gasteiger partial charge in [-0.15, -0.1) is 0 Å². The zero-order valence-electron chi connectivity index (χ0n) is 9.14. The minimum Gasteiger partial charge on any atom is 0 e. The van der Waals surface area contributed by atoms with Gasteiger partial charge in [-0.25, -0.2) is 0 Å². The molecule has 1 aromatic rings. The predicted octanol–water partition coefficient (Wildman–Crippen LogP) is 1.96. The third-order valence-corrected chi connectivity index (χ3v) is 1.52. The summed E-state index contributed by atoms with van der Waals surface area (Å²) in [6, 6.07) is 6.82. The van der Waals surface area contributed by atoms with E-state index in [-0.39, 0.29) is 17.4 Å². The molecular formula is C11H7ClCrO5. The van der Waals surface area contributed by atoms with Crippen LogP contribution in [0.2, 0.25) is 0 Å². The van der Waals surface area contributed by atoms with Crippen LogP contribution in [0.4, 0.5) is 0 Å². The summed E-state index contributed by atoms with van der Waals surface area (Å²) in [6.45, 7) is 13.5. The van der Waals surface area contributed by atoms with Gasteiger partial charge in [0.05, 0.1) is 12.7 Å². The van der Waals surface area contributed by atoms with Crippen LogP contribution in [0.1, 0.15) is 10.4 Å². The van der Waals surface area contributed by atoms with Crippen molar-refractivity contribution in [3.05, 3.63) is 49.8 Å². The number of hydrogen-bond donors (Lipinski definition) is 0. The van der Waals surface area contributed by atoms with Crippen molar-refractivity contribution in [3.63, 3.8) is 0 Å². The molecule has 1 aromatic carbocycles. The molecule has 0 radical (unpaired) electrons. The minimum atomic E-state index is -0.498. The molecule has 0 N–H and O–H groups in total. The van der Waals surface area contributed by atoms with Gasteiger partial charge in [-0.2, -0.15) is 0 Å². The zero-order chi connectivity index (χ0) is 14.3. The van der Waals surface area contributed by atoms with E-state index in [0.717, 1.165) is 0 Å². The molecule has 0 saturated heterocycles. The Morgan fingerprint density at radius 2 is 1.50 bits per heavy atom. The van der Waals surface area contributed by atoms with Gasteiger partial charge < -0.3 is 4.74 Å². The van der Waals surface area contributed by atoms with Crippen LogP contribution in [-0.4, -0.2) is 12.4 Å². The number of para-hydroxylation sites is 1. The Morgan fingerprint density at radius 1 is 1.11 bits per heavy atom. The molecule has 0 aliphatic carbocycles. The van der Waals surface area contributed by atoms with Crippen molar-refractivity contribution in [2.45, 2.75) is 0 Å². The Kier molecular flexibility index (Phi) is 29.9. The quantitative estimate of drug-likeness (QED) is 0.475. The Hall–Kier alpha value is -1.27. The van der Waals surface area contributed by atoms with E-state index in [1.807, 2.05) is 0 Å². The molecule has 18 heavy (non-hydrogen) atoms. The van der Waals surface area contributed by atoms with Crippen molar-refractivity contribution in [3.8, 4) is 5.75 Å². The molecule has 0 atom stereocenters. The van der Waals surface area contributed by atoms with Crippen molar-refractivity contribution in [1.82, 2.24) is 0 Å². The summed E-state index contributed by atoms with van der Waals surface area (Å²) in [5, 5.41) is -0.498. The molecule has 0 unspecified atom stereocenters. The third-order valence-electron chi connectivity index (χ3n) is 1.32. The van der Waals surface area contributed by atoms with Gasteiger partial charge in [0, 0.05) is 17.4 Å². The van der Waals surface area contributed by atoms with Gasteiger partial charge in [0.25, 0.3) is 5.24 Å². The first-order valence-electron chi connectivity index (χ1n) is 3.70. The Labute approximate surface area is 120 Å². The molecule has 0 fully saturated rings. The van der Waals surface area contributed by atoms with Crippen LogP contribution in [0.3, 0.4) is 0 Å². The van der Waals surface area contributed by atoms with Crippen LogP contribution >= 0.6 is 11.6 Å². The molecule has 0 aromatic heterocycles. The van der Waals surface area contributed by atoms with Crippen molar-refractivity contribution in [1.29, 1.82) is 0 Å². The molecule has 5 nitrogen and oxygen atoms in total. The number of carbonyl (C=O) groups is 1. The summed E-state index contributed by atoms with van der Waals surface area (Å²) < 4.78 is 27.4. The van der Waals surface area contributed by atoms with E-state index in [2.05, 4.69) is 20.0 Å². The first kappa shape index (κ1) is 25.5. The van der Waals surface area contributed by atoms with Crippen molar-refractivity contribution >= 4 is 16.8 Å². The molecule has 0 amide bonds. The van der Waals surface area contributed by atoms with Gasteiger partial charge >= 0.3 is 33.9 Å². The Morgan fingerprint density at radius 3 is 1.78 bits per heavy atom. The van der Waals surface area contributed by atoms with Crippen LogP contribution in [0.25, 0.3) is 0 Å². The normalized spacial score (nSPS) is 6.00. The van der Waals surface area contributed by atoms with Crippen LogP contribution < -0.4 is 4.74 Å². The fraction of sp³-hybridized carbons (Fsp3) is 0.0909. The smallest absolute Gasteiger partial charge is 0 e. The average molecular weight is 307 g/mol. The van der Waals surface area contributed by atoms with E-state index in [9.17, 15) is 4.79 Å². The standard InChI is InChI=1S/C8H7ClO2.3CO.Cr/c1-11-7-5-3-2-4-6(7)8(9)10;3*1-2;/h2-5H,1H3;;;;. The van der Waals surface area contributed by atoms with E-state index in [4.69, 9.17) is 30.3 Å². The number of benzene rings is 1. The number of halogens is 1. The molecule has 0 heterocycles. The van der Waals surface area contributed by atoms with Crippen molar-refractivity contribution in [2.75, 3.05) is 7.11 Å². The number of ether oxygens (including phenoxy) is 1. The first-order valence-corrected chi connectivity index (χ1v) is 4.07. The van der Waals surface area contributed by atoms with Crippen molar-refractivity contribution < 1.29 is 40.8 Å². The number of hydrogen-bond acceptors (Lipinski definition) is 2. The molecule has 0 spiro atoms. The second kappa shape index (κ2) is 21.1. The summed E-state index contributed by atoms with van der Waals surface area (Å²) in [5.41, 5.74) is 0.400. The van der Waals surface area contributed by atoms with Gasteiger partial charge in [0.2, 0.25) is 0 Å². The van der Waals surface area contributed by atoms with E-state index in [1.54, 1.807) is 24.3 Å². The van der Waals surface area contributed by atoms with Gasteiger partial charge in [-0.05, 0) is 23.7 Å². The third kappa shape index (κ3) is 11.2. The largest absolute Gasteiger partial charge is 0 e. The van der Waals surface area contributed by atoms with Gasteiger partial charge in [-0.3, -0.25) is 4.79 Å². The summed E-state index contributed by atoms with van der Waals surface area (Å²) in [6.07, 6.45) is 0. The fourth-order valence-electron chi connectivity index (χ4n) is 0.807. The number of rotatable bonds is 2.